The maximum atomic E-state index is 15.0. The first-order valence-electron chi connectivity index (χ1n) is 11.2. The van der Waals surface area contributed by atoms with E-state index in [0.29, 0.717) is 10.2 Å². The normalized spacial score (nSPS) is 24.3. The van der Waals surface area contributed by atoms with E-state index in [-0.39, 0.29) is 16.6 Å². The van der Waals surface area contributed by atoms with Crippen molar-refractivity contribution in [3.8, 4) is 5.75 Å². The number of carbonyl (C=O) groups excluding carboxylic acids is 1. The number of aryl methyl sites for hydroxylation is 1. The number of aromatic amines is 1. The number of ether oxygens (including phenoxy) is 2. The molecule has 0 spiro atoms. The quantitative estimate of drug-likeness (QED) is 0.220. The molecular formula is C22H29FN3O7PS2. The molecule has 0 bridgehead atoms. The van der Waals surface area contributed by atoms with Gasteiger partial charge in [-0.05, 0) is 52.0 Å². The van der Waals surface area contributed by atoms with Gasteiger partial charge in [-0.2, -0.15) is 5.09 Å². The minimum absolute atomic E-state index is 0.115. The zero-order chi connectivity index (χ0) is 26.6. The fraction of sp³-hybridized carbons (Fsp3) is 0.500. The van der Waals surface area contributed by atoms with Crippen LogP contribution in [0.15, 0.2) is 36.5 Å². The van der Waals surface area contributed by atoms with Crippen LogP contribution < -0.4 is 9.61 Å². The van der Waals surface area contributed by atoms with E-state index in [1.807, 2.05) is 0 Å². The van der Waals surface area contributed by atoms with E-state index >= 15 is 4.39 Å². The maximum Gasteiger partial charge on any atom is 0.459 e. The molecule has 3 rings (SSSR count). The number of nitrogens with zero attached hydrogens (tertiary/aromatic N) is 1. The Hall–Kier alpha value is -1.99. The molecule has 2 heterocycles. The van der Waals surface area contributed by atoms with Gasteiger partial charge < -0.3 is 24.1 Å². The van der Waals surface area contributed by atoms with Crippen molar-refractivity contribution in [1.82, 2.24) is 14.6 Å². The Bertz CT molecular complexity index is 1230. The molecule has 2 unspecified atom stereocenters. The Morgan fingerprint density at radius 1 is 1.31 bits per heavy atom. The summed E-state index contributed by atoms with van der Waals surface area (Å²) in [4.78, 5) is 15.0. The number of benzene rings is 1. The molecule has 36 heavy (non-hydrogen) atoms. The van der Waals surface area contributed by atoms with Crippen molar-refractivity contribution in [2.75, 3.05) is 6.61 Å². The second kappa shape index (κ2) is 12.0. The van der Waals surface area contributed by atoms with Crippen LogP contribution in [0.1, 0.15) is 32.6 Å². The third-order valence-corrected chi connectivity index (χ3v) is 7.53. The number of hydrogen-bond acceptors (Lipinski definition) is 9. The van der Waals surface area contributed by atoms with E-state index in [9.17, 15) is 14.5 Å². The number of esters is 1. The van der Waals surface area contributed by atoms with Gasteiger partial charge in [0.2, 0.25) is 0 Å². The monoisotopic (exact) mass is 561 g/mol. The third-order valence-electron chi connectivity index (χ3n) is 5.15. The maximum absolute atomic E-state index is 15.0. The number of halogens is 1. The van der Waals surface area contributed by atoms with Crippen LogP contribution in [0.4, 0.5) is 4.39 Å². The number of alkyl halides is 1. The Morgan fingerprint density at radius 3 is 2.61 bits per heavy atom. The number of H-pyrrole nitrogens is 1. The summed E-state index contributed by atoms with van der Waals surface area (Å²) in [6.45, 7) is 6.00. The van der Waals surface area contributed by atoms with Crippen molar-refractivity contribution in [3.05, 3.63) is 51.5 Å². The molecule has 0 radical (unpaired) electrons. The van der Waals surface area contributed by atoms with Crippen LogP contribution in [0.3, 0.4) is 0 Å². The van der Waals surface area contributed by atoms with Crippen molar-refractivity contribution >= 4 is 38.2 Å². The summed E-state index contributed by atoms with van der Waals surface area (Å²) in [6, 6.07) is 7.09. The summed E-state index contributed by atoms with van der Waals surface area (Å²) in [6.07, 6.45) is -4.83. The molecule has 3 N–H and O–H groups in total. The Labute approximate surface area is 218 Å². The Balaban J connectivity index is 1.77. The summed E-state index contributed by atoms with van der Waals surface area (Å²) < 4.78 is 52.3. The molecule has 1 aromatic heterocycles. The fourth-order valence-corrected chi connectivity index (χ4v) is 5.32. The molecule has 1 fully saturated rings. The van der Waals surface area contributed by atoms with Crippen molar-refractivity contribution in [2.45, 2.75) is 64.4 Å². The SMILES string of the molecule is Cc1cn([C@H]2O[C@@H](COP(=O)(N[C@@H](C)C(=O)OC(C)C)Oc3ccccc3)[C@@H](O)C2F)c(=S)[nH]c1=S. The lowest BCUT2D eigenvalue weighted by molar-refractivity contribution is -0.149. The number of carbonyl (C=O) groups is 1. The summed E-state index contributed by atoms with van der Waals surface area (Å²) in [7, 11) is -4.22. The minimum atomic E-state index is -4.22. The third kappa shape index (κ3) is 7.06. The summed E-state index contributed by atoms with van der Waals surface area (Å²) in [5.74, 6) is -0.467. The smallest absolute Gasteiger partial charge is 0.459 e. The lowest BCUT2D eigenvalue weighted by Crippen LogP contribution is -2.37. The van der Waals surface area contributed by atoms with E-state index in [0.717, 1.165) is 0 Å². The van der Waals surface area contributed by atoms with Gasteiger partial charge in [-0.1, -0.05) is 30.4 Å². The van der Waals surface area contributed by atoms with E-state index in [1.165, 1.54) is 17.7 Å². The highest BCUT2D eigenvalue weighted by Crippen LogP contribution is 2.46. The minimum Gasteiger partial charge on any atom is -0.462 e. The molecule has 0 saturated carbocycles. The number of rotatable bonds is 10. The lowest BCUT2D eigenvalue weighted by Gasteiger charge is -2.25. The van der Waals surface area contributed by atoms with E-state index in [2.05, 4.69) is 10.1 Å². The molecule has 6 atom stereocenters. The molecule has 1 aliphatic heterocycles. The number of nitrogens with one attached hydrogen (secondary N) is 2. The Morgan fingerprint density at radius 2 is 1.97 bits per heavy atom. The second-order valence-electron chi connectivity index (χ2n) is 8.51. The molecule has 0 amide bonds. The highest BCUT2D eigenvalue weighted by molar-refractivity contribution is 7.72. The van der Waals surface area contributed by atoms with Crippen molar-refractivity contribution in [1.29, 1.82) is 0 Å². The van der Waals surface area contributed by atoms with Crippen molar-refractivity contribution in [2.24, 2.45) is 0 Å². The highest BCUT2D eigenvalue weighted by atomic mass is 32.1. The van der Waals surface area contributed by atoms with Crippen LogP contribution >= 0.6 is 32.2 Å². The average molecular weight is 562 g/mol. The number of aliphatic hydroxyl groups is 1. The van der Waals surface area contributed by atoms with E-state index < -0.39 is 51.0 Å². The van der Waals surface area contributed by atoms with Gasteiger partial charge in [0.25, 0.3) is 0 Å². The van der Waals surface area contributed by atoms with Gasteiger partial charge in [-0.15, -0.1) is 0 Å². The van der Waals surface area contributed by atoms with Crippen molar-refractivity contribution in [3.63, 3.8) is 0 Å². The largest absolute Gasteiger partial charge is 0.462 e. The first-order chi connectivity index (χ1) is 16.9. The number of para-hydroxylation sites is 1. The van der Waals surface area contributed by atoms with Crippen LogP contribution in [0.5, 0.6) is 5.75 Å². The summed E-state index contributed by atoms with van der Waals surface area (Å²) in [5.41, 5.74) is 0.635. The molecule has 2 aromatic rings. The highest BCUT2D eigenvalue weighted by Gasteiger charge is 2.46. The van der Waals surface area contributed by atoms with Gasteiger partial charge in [0, 0.05) is 11.8 Å². The van der Waals surface area contributed by atoms with Crippen LogP contribution in [-0.2, 0) is 23.4 Å². The fourth-order valence-electron chi connectivity index (χ4n) is 3.35. The summed E-state index contributed by atoms with van der Waals surface area (Å²) >= 11 is 10.4. The van der Waals surface area contributed by atoms with E-state index in [4.69, 9.17) is 43.0 Å². The van der Waals surface area contributed by atoms with Crippen LogP contribution in [0.2, 0.25) is 0 Å². The standard InChI is InChI=1S/C22H29FN3O7PS2/c1-12(2)31-21(28)14(4)25-34(29,33-15-8-6-5-7-9-15)30-11-16-18(27)17(23)20(32-16)26-10-13(3)19(35)24-22(26)36/h5-10,12,14,16-18,20,27H,11H2,1-4H3,(H,25,29)(H,24,35,36)/t14-,16-,17?,18+,20-,34?/m0/s1. The number of aliphatic hydroxyl groups excluding tert-OH is 1. The molecule has 14 heteroatoms. The van der Waals surface area contributed by atoms with Gasteiger partial charge >= 0.3 is 13.7 Å². The van der Waals surface area contributed by atoms with Gasteiger partial charge in [0.15, 0.2) is 17.2 Å². The zero-order valence-electron chi connectivity index (χ0n) is 20.1. The molecule has 10 nitrogen and oxygen atoms in total. The van der Waals surface area contributed by atoms with Crippen molar-refractivity contribution < 1.29 is 37.4 Å². The van der Waals surface area contributed by atoms with Crippen LogP contribution in [0, 0.1) is 16.3 Å². The average Bonchev–Trinajstić information content (AvgIpc) is 3.08. The predicted octanol–water partition coefficient (Wildman–Crippen LogP) is 4.31. The van der Waals surface area contributed by atoms with Gasteiger partial charge in [0.1, 0.15) is 28.6 Å². The van der Waals surface area contributed by atoms with Gasteiger partial charge in [0.05, 0.1) is 12.7 Å². The molecule has 0 aliphatic carbocycles. The van der Waals surface area contributed by atoms with Crippen LogP contribution in [0.25, 0.3) is 0 Å². The van der Waals surface area contributed by atoms with Gasteiger partial charge in [-0.3, -0.25) is 13.9 Å². The second-order valence-corrected chi connectivity index (χ2v) is 11.0. The molecular weight excluding hydrogens is 532 g/mol. The van der Waals surface area contributed by atoms with E-state index in [1.54, 1.807) is 51.1 Å². The number of aromatic nitrogens is 2. The van der Waals surface area contributed by atoms with Gasteiger partial charge in [-0.25, -0.2) is 8.96 Å². The molecule has 1 aromatic carbocycles. The van der Waals surface area contributed by atoms with Crippen LogP contribution in [-0.4, -0.2) is 57.8 Å². The molecule has 1 saturated heterocycles. The lowest BCUT2D eigenvalue weighted by atomic mass is 10.1. The first kappa shape index (κ1) is 28.6. The zero-order valence-corrected chi connectivity index (χ0v) is 22.6. The predicted molar refractivity (Wildman–Crippen MR) is 134 cm³/mol. The Kier molecular flexibility index (Phi) is 9.56. The summed E-state index contributed by atoms with van der Waals surface area (Å²) in [5, 5.41) is 13.0. The molecule has 1 aliphatic rings. The number of hydrogen-bond donors (Lipinski definition) is 3. The topological polar surface area (TPSA) is 124 Å². The first-order valence-corrected chi connectivity index (χ1v) is 13.5. The molecule has 198 valence electrons.